The second-order valence-electron chi connectivity index (χ2n) is 7.25. The minimum absolute atomic E-state index is 0.0284. The molecule has 10 heteroatoms. The summed E-state index contributed by atoms with van der Waals surface area (Å²) in [7, 11) is 0. The molecular formula is C23H19ClN4O5. The van der Waals surface area contributed by atoms with E-state index in [1.54, 1.807) is 29.9 Å². The number of aryl methyl sites for hydroxylation is 1. The molecule has 4 aromatic rings. The molecule has 0 saturated carbocycles. The van der Waals surface area contributed by atoms with Crippen molar-refractivity contribution < 1.29 is 18.9 Å². The van der Waals surface area contributed by atoms with Crippen LogP contribution in [0, 0.1) is 17.0 Å². The monoisotopic (exact) mass is 466 g/mol. The maximum absolute atomic E-state index is 12.6. The molecule has 0 aliphatic heterocycles. The molecular weight excluding hydrogens is 448 g/mol. The minimum atomic E-state index is -0.533. The molecule has 2 heterocycles. The lowest BCUT2D eigenvalue weighted by Gasteiger charge is -2.06. The van der Waals surface area contributed by atoms with E-state index in [-0.39, 0.29) is 29.6 Å². The Kier molecular flexibility index (Phi) is 6.41. The van der Waals surface area contributed by atoms with Crippen LogP contribution in [-0.4, -0.2) is 20.6 Å². The summed E-state index contributed by atoms with van der Waals surface area (Å²) >= 11 is 6.21. The Hall–Kier alpha value is -4.11. The lowest BCUT2D eigenvalue weighted by atomic mass is 10.2. The predicted molar refractivity (Wildman–Crippen MR) is 122 cm³/mol. The second kappa shape index (κ2) is 9.58. The normalized spacial score (nSPS) is 10.7. The smallest absolute Gasteiger partial charge is 0.311 e. The Balaban J connectivity index is 1.39. The zero-order valence-electron chi connectivity index (χ0n) is 17.5. The number of aromatic nitrogens is 2. The van der Waals surface area contributed by atoms with Gasteiger partial charge in [-0.25, -0.2) is 0 Å². The number of nitrogens with zero attached hydrogens (tertiary/aromatic N) is 3. The van der Waals surface area contributed by atoms with E-state index in [0.717, 1.165) is 11.1 Å². The first-order valence-corrected chi connectivity index (χ1v) is 10.3. The highest BCUT2D eigenvalue weighted by atomic mass is 35.5. The molecule has 0 atom stereocenters. The molecule has 0 unspecified atom stereocenters. The Morgan fingerprint density at radius 3 is 2.76 bits per heavy atom. The first-order valence-electron chi connectivity index (χ1n) is 9.94. The Bertz CT molecular complexity index is 1300. The van der Waals surface area contributed by atoms with Crippen LogP contribution in [-0.2, 0) is 13.2 Å². The van der Waals surface area contributed by atoms with E-state index in [2.05, 4.69) is 10.4 Å². The average Bonchev–Trinajstić information content (AvgIpc) is 3.40. The Labute approximate surface area is 193 Å². The summed E-state index contributed by atoms with van der Waals surface area (Å²) in [6.07, 6.45) is 1.63. The van der Waals surface area contributed by atoms with Crippen LogP contribution in [0.15, 0.2) is 71.3 Å². The van der Waals surface area contributed by atoms with Gasteiger partial charge in [-0.3, -0.25) is 19.6 Å². The van der Waals surface area contributed by atoms with Crippen molar-refractivity contribution in [3.8, 4) is 5.75 Å². The van der Waals surface area contributed by atoms with E-state index in [4.69, 9.17) is 20.8 Å². The van der Waals surface area contributed by atoms with Crippen LogP contribution in [0.1, 0.15) is 27.4 Å². The van der Waals surface area contributed by atoms with Crippen LogP contribution >= 0.6 is 11.6 Å². The molecule has 0 fully saturated rings. The van der Waals surface area contributed by atoms with Crippen molar-refractivity contribution in [2.24, 2.45) is 0 Å². The summed E-state index contributed by atoms with van der Waals surface area (Å²) in [6.45, 7) is 2.18. The number of hydrogen-bond acceptors (Lipinski definition) is 6. The van der Waals surface area contributed by atoms with Gasteiger partial charge in [-0.05, 0) is 36.2 Å². The summed E-state index contributed by atoms with van der Waals surface area (Å²) in [5.74, 6) is 0.150. The predicted octanol–water partition coefficient (Wildman–Crippen LogP) is 5.23. The Morgan fingerprint density at radius 1 is 1.21 bits per heavy atom. The van der Waals surface area contributed by atoms with Crippen molar-refractivity contribution >= 4 is 29.0 Å². The number of benzene rings is 2. The second-order valence-corrected chi connectivity index (χ2v) is 7.65. The van der Waals surface area contributed by atoms with Gasteiger partial charge in [0.2, 0.25) is 0 Å². The standard InChI is InChI=1S/C23H19ClN4O5/c1-15-7-9-20(19(11-15)28(30)31)32-14-17-8-10-21(33-17)23(29)25-22-18(24)13-27(26-22)12-16-5-3-2-4-6-16/h2-11,13H,12,14H2,1H3,(H,25,26,29). The summed E-state index contributed by atoms with van der Waals surface area (Å²) in [5, 5.41) is 18.4. The number of anilines is 1. The van der Waals surface area contributed by atoms with Gasteiger partial charge in [0.15, 0.2) is 17.3 Å². The molecule has 0 aliphatic rings. The van der Waals surface area contributed by atoms with Gasteiger partial charge in [0, 0.05) is 12.3 Å². The fourth-order valence-corrected chi connectivity index (χ4v) is 3.32. The van der Waals surface area contributed by atoms with Crippen LogP contribution in [0.5, 0.6) is 5.75 Å². The van der Waals surface area contributed by atoms with E-state index in [0.29, 0.717) is 17.3 Å². The zero-order chi connectivity index (χ0) is 23.4. The van der Waals surface area contributed by atoms with Gasteiger partial charge in [0.1, 0.15) is 17.4 Å². The van der Waals surface area contributed by atoms with Gasteiger partial charge in [-0.15, -0.1) is 0 Å². The number of furan rings is 1. The van der Waals surface area contributed by atoms with Crippen LogP contribution in [0.25, 0.3) is 0 Å². The van der Waals surface area contributed by atoms with Gasteiger partial charge in [-0.1, -0.05) is 48.0 Å². The number of rotatable bonds is 8. The molecule has 2 aromatic carbocycles. The first-order chi connectivity index (χ1) is 15.9. The van der Waals surface area contributed by atoms with E-state index in [1.165, 1.54) is 18.2 Å². The highest BCUT2D eigenvalue weighted by Gasteiger charge is 2.18. The summed E-state index contributed by atoms with van der Waals surface area (Å²) in [5.41, 5.74) is 1.65. The SMILES string of the molecule is Cc1ccc(OCc2ccc(C(=O)Nc3nn(Cc4ccccc4)cc3Cl)o2)c([N+](=O)[O-])c1. The number of halogens is 1. The number of ether oxygens (including phenoxy) is 1. The molecule has 33 heavy (non-hydrogen) atoms. The van der Waals surface area contributed by atoms with Crippen LogP contribution in [0.3, 0.4) is 0 Å². The first kappa shape index (κ1) is 22.1. The highest BCUT2D eigenvalue weighted by molar-refractivity contribution is 6.33. The number of amides is 1. The van der Waals surface area contributed by atoms with Crippen molar-refractivity contribution in [1.29, 1.82) is 0 Å². The van der Waals surface area contributed by atoms with Gasteiger partial charge >= 0.3 is 5.69 Å². The molecule has 0 spiro atoms. The fraction of sp³-hybridized carbons (Fsp3) is 0.130. The topological polar surface area (TPSA) is 112 Å². The number of nitro benzene ring substituents is 1. The minimum Gasteiger partial charge on any atom is -0.479 e. The molecule has 1 N–H and O–H groups in total. The van der Waals surface area contributed by atoms with E-state index in [1.807, 2.05) is 30.3 Å². The zero-order valence-corrected chi connectivity index (χ0v) is 18.3. The number of nitro groups is 1. The van der Waals surface area contributed by atoms with Gasteiger partial charge in [0.25, 0.3) is 5.91 Å². The van der Waals surface area contributed by atoms with Crippen molar-refractivity contribution in [2.75, 3.05) is 5.32 Å². The van der Waals surface area contributed by atoms with E-state index < -0.39 is 10.8 Å². The fourth-order valence-electron chi connectivity index (χ4n) is 3.12. The lowest BCUT2D eigenvalue weighted by molar-refractivity contribution is -0.386. The molecule has 168 valence electrons. The molecule has 4 rings (SSSR count). The van der Waals surface area contributed by atoms with Crippen LogP contribution < -0.4 is 10.1 Å². The van der Waals surface area contributed by atoms with Crippen molar-refractivity contribution in [2.45, 2.75) is 20.1 Å². The van der Waals surface area contributed by atoms with E-state index >= 15 is 0 Å². The molecule has 0 radical (unpaired) electrons. The quantitative estimate of drug-likeness (QED) is 0.281. The van der Waals surface area contributed by atoms with Crippen molar-refractivity contribution in [1.82, 2.24) is 9.78 Å². The molecule has 1 amide bonds. The third kappa shape index (κ3) is 5.39. The van der Waals surface area contributed by atoms with Crippen LogP contribution in [0.2, 0.25) is 5.02 Å². The number of carbonyl (C=O) groups is 1. The third-order valence-electron chi connectivity index (χ3n) is 4.70. The van der Waals surface area contributed by atoms with Gasteiger partial charge < -0.3 is 14.5 Å². The summed E-state index contributed by atoms with van der Waals surface area (Å²) < 4.78 is 12.7. The summed E-state index contributed by atoms with van der Waals surface area (Å²) in [6, 6.07) is 17.4. The molecule has 2 aromatic heterocycles. The van der Waals surface area contributed by atoms with E-state index in [9.17, 15) is 14.9 Å². The highest BCUT2D eigenvalue weighted by Crippen LogP contribution is 2.29. The molecule has 0 saturated heterocycles. The maximum Gasteiger partial charge on any atom is 0.311 e. The van der Waals surface area contributed by atoms with Crippen LogP contribution in [0.4, 0.5) is 11.5 Å². The maximum atomic E-state index is 12.6. The number of carbonyl (C=O) groups excluding carboxylic acids is 1. The number of hydrogen-bond donors (Lipinski definition) is 1. The van der Waals surface area contributed by atoms with Gasteiger partial charge in [-0.2, -0.15) is 5.10 Å². The number of nitrogens with one attached hydrogen (secondary N) is 1. The average molecular weight is 467 g/mol. The molecule has 9 nitrogen and oxygen atoms in total. The van der Waals surface area contributed by atoms with Gasteiger partial charge in [0.05, 0.1) is 11.5 Å². The Morgan fingerprint density at radius 2 is 2.00 bits per heavy atom. The largest absolute Gasteiger partial charge is 0.479 e. The third-order valence-corrected chi connectivity index (χ3v) is 4.98. The molecule has 0 bridgehead atoms. The lowest BCUT2D eigenvalue weighted by Crippen LogP contribution is -2.12. The summed E-state index contributed by atoms with van der Waals surface area (Å²) in [4.78, 5) is 23.3. The van der Waals surface area contributed by atoms with Crippen molar-refractivity contribution in [3.05, 3.63) is 105 Å². The van der Waals surface area contributed by atoms with Crippen molar-refractivity contribution in [3.63, 3.8) is 0 Å². The molecule has 0 aliphatic carbocycles.